The highest BCUT2D eigenvalue weighted by atomic mass is 19.4. The molecular weight excluding hydrogens is 502 g/mol. The van der Waals surface area contributed by atoms with Gasteiger partial charge in [0.05, 0.1) is 23.3 Å². The van der Waals surface area contributed by atoms with Crippen molar-refractivity contribution in [3.8, 4) is 0 Å². The first-order valence-corrected chi connectivity index (χ1v) is 12.7. The summed E-state index contributed by atoms with van der Waals surface area (Å²) in [5, 5.41) is 8.39. The molecular formula is C28H31F4N3O3. The van der Waals surface area contributed by atoms with Crippen LogP contribution in [-0.2, 0) is 17.5 Å². The molecule has 0 bridgehead atoms. The predicted molar refractivity (Wildman–Crippen MR) is 134 cm³/mol. The molecule has 6 nitrogen and oxygen atoms in total. The fourth-order valence-electron chi connectivity index (χ4n) is 5.18. The molecule has 10 heteroatoms. The highest BCUT2D eigenvalue weighted by Crippen LogP contribution is 2.34. The summed E-state index contributed by atoms with van der Waals surface area (Å²) in [6.07, 6.45) is 0.720. The van der Waals surface area contributed by atoms with Crippen LogP contribution >= 0.6 is 0 Å². The second kappa shape index (κ2) is 11.6. The van der Waals surface area contributed by atoms with E-state index in [1.165, 1.54) is 0 Å². The van der Waals surface area contributed by atoms with Crippen molar-refractivity contribution in [1.82, 2.24) is 15.1 Å². The van der Waals surface area contributed by atoms with Gasteiger partial charge >= 0.3 is 6.18 Å². The van der Waals surface area contributed by atoms with Gasteiger partial charge in [0.2, 0.25) is 0 Å². The number of amides is 1. The zero-order chi connectivity index (χ0) is 27.4. The summed E-state index contributed by atoms with van der Waals surface area (Å²) >= 11 is 0. The average molecular weight is 534 g/mol. The topological polar surface area (TPSA) is 73.2 Å². The van der Waals surface area contributed by atoms with E-state index in [0.29, 0.717) is 44.2 Å². The SMILES string of the molecule is COCCNC(=O)c1ccc2nn(CC3CCCC(C(=O)c4ccc(C(F)(F)F)cc4F)CC3)cc2c1C. The van der Waals surface area contributed by atoms with E-state index in [1.807, 2.05) is 23.9 Å². The van der Waals surface area contributed by atoms with Gasteiger partial charge in [-0.25, -0.2) is 4.39 Å². The van der Waals surface area contributed by atoms with Crippen LogP contribution in [0.25, 0.3) is 10.9 Å². The van der Waals surface area contributed by atoms with Gasteiger partial charge in [-0.05, 0) is 74.4 Å². The molecule has 1 aliphatic rings. The van der Waals surface area contributed by atoms with Gasteiger partial charge in [-0.15, -0.1) is 0 Å². The molecule has 2 atom stereocenters. The van der Waals surface area contributed by atoms with Gasteiger partial charge in [0.15, 0.2) is 5.78 Å². The largest absolute Gasteiger partial charge is 0.416 e. The molecule has 0 saturated heterocycles. The first-order chi connectivity index (χ1) is 18.1. The third kappa shape index (κ3) is 6.23. The number of halogens is 4. The first kappa shape index (κ1) is 27.8. The second-order valence-corrected chi connectivity index (χ2v) is 9.90. The molecule has 1 amide bonds. The van der Waals surface area contributed by atoms with Crippen molar-refractivity contribution in [1.29, 1.82) is 0 Å². The van der Waals surface area contributed by atoms with Crippen LogP contribution in [0, 0.1) is 24.6 Å². The van der Waals surface area contributed by atoms with Gasteiger partial charge in [0.25, 0.3) is 5.91 Å². The summed E-state index contributed by atoms with van der Waals surface area (Å²) in [7, 11) is 1.57. The van der Waals surface area contributed by atoms with Crippen molar-refractivity contribution < 1.29 is 31.9 Å². The molecule has 1 saturated carbocycles. The number of ether oxygens (including phenoxy) is 1. The lowest BCUT2D eigenvalue weighted by Gasteiger charge is -2.16. The van der Waals surface area contributed by atoms with Gasteiger partial charge in [0.1, 0.15) is 5.82 Å². The fourth-order valence-corrected chi connectivity index (χ4v) is 5.18. The van der Waals surface area contributed by atoms with Gasteiger partial charge in [0, 0.05) is 43.3 Å². The number of alkyl halides is 3. The number of carbonyl (C=O) groups excluding carboxylic acids is 2. The molecule has 3 aromatic rings. The van der Waals surface area contributed by atoms with Crippen molar-refractivity contribution in [2.75, 3.05) is 20.3 Å². The summed E-state index contributed by atoms with van der Waals surface area (Å²) < 4.78 is 59.8. The Bertz CT molecular complexity index is 1320. The Labute approximate surface area is 218 Å². The van der Waals surface area contributed by atoms with Crippen molar-refractivity contribution in [2.24, 2.45) is 11.8 Å². The molecule has 4 rings (SSSR count). The number of Topliss-reactive ketones (excluding diaryl/α,β-unsaturated/α-hetero) is 1. The average Bonchev–Trinajstić information content (AvgIpc) is 3.14. The fraction of sp³-hybridized carbons (Fsp3) is 0.464. The number of ketones is 1. The minimum Gasteiger partial charge on any atom is -0.383 e. The zero-order valence-electron chi connectivity index (χ0n) is 21.4. The third-order valence-electron chi connectivity index (χ3n) is 7.31. The van der Waals surface area contributed by atoms with Crippen LogP contribution in [0.1, 0.15) is 63.9 Å². The Balaban J connectivity index is 1.41. The lowest BCUT2D eigenvalue weighted by molar-refractivity contribution is -0.137. The molecule has 1 aliphatic carbocycles. The minimum atomic E-state index is -4.66. The molecule has 0 aliphatic heterocycles. The van der Waals surface area contributed by atoms with E-state index in [1.54, 1.807) is 13.2 Å². The molecule has 38 heavy (non-hydrogen) atoms. The molecule has 1 heterocycles. The van der Waals surface area contributed by atoms with Crippen LogP contribution < -0.4 is 5.32 Å². The van der Waals surface area contributed by atoms with Crippen LogP contribution in [-0.4, -0.2) is 41.7 Å². The summed E-state index contributed by atoms with van der Waals surface area (Å²) in [6, 6.07) is 5.69. The van der Waals surface area contributed by atoms with Crippen LogP contribution in [0.5, 0.6) is 0 Å². The zero-order valence-corrected chi connectivity index (χ0v) is 21.4. The third-order valence-corrected chi connectivity index (χ3v) is 7.31. The molecule has 2 unspecified atom stereocenters. The maximum atomic E-state index is 14.4. The molecule has 1 N–H and O–H groups in total. The van der Waals surface area contributed by atoms with E-state index in [2.05, 4.69) is 10.4 Å². The van der Waals surface area contributed by atoms with Crippen molar-refractivity contribution in [3.63, 3.8) is 0 Å². The predicted octanol–water partition coefficient (Wildman–Crippen LogP) is 5.96. The Morgan fingerprint density at radius 3 is 2.58 bits per heavy atom. The number of benzene rings is 2. The van der Waals surface area contributed by atoms with Crippen LogP contribution in [0.3, 0.4) is 0 Å². The number of carbonyl (C=O) groups is 2. The first-order valence-electron chi connectivity index (χ1n) is 12.7. The lowest BCUT2D eigenvalue weighted by atomic mass is 9.90. The molecule has 1 fully saturated rings. The number of aryl methyl sites for hydroxylation is 1. The number of hydrogen-bond donors (Lipinski definition) is 1. The number of nitrogens with one attached hydrogen (secondary N) is 1. The highest BCUT2D eigenvalue weighted by molar-refractivity contribution is 6.00. The van der Waals surface area contributed by atoms with E-state index in [9.17, 15) is 27.2 Å². The number of nitrogens with zero attached hydrogens (tertiary/aromatic N) is 2. The second-order valence-electron chi connectivity index (χ2n) is 9.90. The number of rotatable bonds is 8. The van der Waals surface area contributed by atoms with Gasteiger partial charge in [-0.3, -0.25) is 14.3 Å². The van der Waals surface area contributed by atoms with Gasteiger partial charge in [-0.1, -0.05) is 6.42 Å². The Morgan fingerprint density at radius 1 is 1.11 bits per heavy atom. The molecule has 204 valence electrons. The molecule has 2 aromatic carbocycles. The minimum absolute atomic E-state index is 0.168. The lowest BCUT2D eigenvalue weighted by Crippen LogP contribution is -2.27. The summed E-state index contributed by atoms with van der Waals surface area (Å²) in [5.41, 5.74) is 0.828. The van der Waals surface area contributed by atoms with E-state index in [0.717, 1.165) is 47.9 Å². The van der Waals surface area contributed by atoms with Crippen molar-refractivity contribution >= 4 is 22.6 Å². The van der Waals surface area contributed by atoms with E-state index >= 15 is 0 Å². The maximum Gasteiger partial charge on any atom is 0.416 e. The summed E-state index contributed by atoms with van der Waals surface area (Å²) in [5.74, 6) is -1.91. The summed E-state index contributed by atoms with van der Waals surface area (Å²) in [4.78, 5) is 25.5. The van der Waals surface area contributed by atoms with Crippen LogP contribution in [0.4, 0.5) is 17.6 Å². The Hall–Kier alpha value is -3.27. The quantitative estimate of drug-likeness (QED) is 0.168. The monoisotopic (exact) mass is 533 g/mol. The Morgan fingerprint density at radius 2 is 1.87 bits per heavy atom. The van der Waals surface area contributed by atoms with Gasteiger partial charge in [-0.2, -0.15) is 18.3 Å². The molecule has 0 spiro atoms. The molecule has 1 aromatic heterocycles. The van der Waals surface area contributed by atoms with E-state index in [-0.39, 0.29) is 17.4 Å². The van der Waals surface area contributed by atoms with Gasteiger partial charge < -0.3 is 10.1 Å². The Kier molecular flexibility index (Phi) is 8.50. The van der Waals surface area contributed by atoms with E-state index in [4.69, 9.17) is 4.74 Å². The van der Waals surface area contributed by atoms with Crippen molar-refractivity contribution in [3.05, 3.63) is 64.6 Å². The van der Waals surface area contributed by atoms with E-state index < -0.39 is 29.3 Å². The standard InChI is InChI=1S/C28H31F4N3O3/c1-17-21(27(37)33-12-13-38-2)10-11-25-23(17)16-35(34-25)15-18-4-3-5-19(7-6-18)26(36)22-9-8-20(14-24(22)29)28(30,31)32/h8-11,14,16,18-19H,3-7,12-13,15H2,1-2H3,(H,33,37). The molecule has 0 radical (unpaired) electrons. The number of fused-ring (bicyclic) bond motifs is 1. The maximum absolute atomic E-state index is 14.4. The van der Waals surface area contributed by atoms with Crippen LogP contribution in [0.2, 0.25) is 0 Å². The smallest absolute Gasteiger partial charge is 0.383 e. The number of methoxy groups -OCH3 is 1. The number of hydrogen-bond acceptors (Lipinski definition) is 4. The summed E-state index contributed by atoms with van der Waals surface area (Å²) in [6.45, 7) is 3.38. The number of aromatic nitrogens is 2. The van der Waals surface area contributed by atoms with Crippen LogP contribution in [0.15, 0.2) is 36.5 Å². The normalized spacial score (nSPS) is 18.4. The van der Waals surface area contributed by atoms with Crippen molar-refractivity contribution in [2.45, 2.75) is 51.7 Å². The highest BCUT2D eigenvalue weighted by Gasteiger charge is 2.33.